The van der Waals surface area contributed by atoms with Crippen LogP contribution in [0, 0.1) is 0 Å². The van der Waals surface area contributed by atoms with Crippen LogP contribution in [0.15, 0.2) is 24.3 Å². The highest BCUT2D eigenvalue weighted by molar-refractivity contribution is 7.15. The van der Waals surface area contributed by atoms with Crippen molar-refractivity contribution < 1.29 is 4.74 Å². The third-order valence-corrected chi connectivity index (χ3v) is 5.32. The normalized spacial score (nSPS) is 17.4. The maximum atomic E-state index is 5.21. The van der Waals surface area contributed by atoms with Gasteiger partial charge in [0.15, 0.2) is 5.13 Å². The van der Waals surface area contributed by atoms with Crippen molar-refractivity contribution in [3.63, 3.8) is 0 Å². The van der Waals surface area contributed by atoms with E-state index in [4.69, 9.17) is 9.72 Å². The Balaban J connectivity index is 1.87. The predicted molar refractivity (Wildman–Crippen MR) is 87.9 cm³/mol. The molecule has 1 unspecified atom stereocenters. The maximum Gasteiger partial charge on any atom is 0.190 e. The van der Waals surface area contributed by atoms with Crippen molar-refractivity contribution in [1.29, 1.82) is 0 Å². The number of fused-ring (bicyclic) bond motifs is 1. The smallest absolute Gasteiger partial charge is 0.190 e. The lowest BCUT2D eigenvalue weighted by Crippen LogP contribution is -2.19. The summed E-state index contributed by atoms with van der Waals surface area (Å²) in [6.45, 7) is 0. The molecule has 0 bridgehead atoms. The van der Waals surface area contributed by atoms with Gasteiger partial charge in [-0.3, -0.25) is 0 Å². The lowest BCUT2D eigenvalue weighted by Gasteiger charge is -2.19. The van der Waals surface area contributed by atoms with Crippen LogP contribution in [0.1, 0.15) is 29.5 Å². The number of aryl methyl sites for hydroxylation is 1. The third kappa shape index (κ3) is 2.76. The van der Waals surface area contributed by atoms with Gasteiger partial charge in [-0.15, -0.1) is 0 Å². The number of rotatable bonds is 4. The van der Waals surface area contributed by atoms with Gasteiger partial charge in [-0.05, 0) is 50.6 Å². The number of anilines is 2. The summed E-state index contributed by atoms with van der Waals surface area (Å²) in [5.74, 6) is 0.876. The number of thiazole rings is 1. The average Bonchev–Trinajstić information content (AvgIpc) is 2.98. The highest BCUT2D eigenvalue weighted by atomic mass is 32.1. The molecule has 1 atom stereocenters. The fraction of sp³-hybridized carbons (Fsp3) is 0.438. The summed E-state index contributed by atoms with van der Waals surface area (Å²) in [5.41, 5.74) is 2.39. The van der Waals surface area contributed by atoms with Gasteiger partial charge in [-0.2, -0.15) is 0 Å². The average molecular weight is 303 g/mol. The number of aromatic nitrogens is 1. The summed E-state index contributed by atoms with van der Waals surface area (Å²) in [4.78, 5) is 8.39. The Kier molecular flexibility index (Phi) is 4.12. The van der Waals surface area contributed by atoms with Gasteiger partial charge >= 0.3 is 0 Å². The van der Waals surface area contributed by atoms with Gasteiger partial charge in [-0.1, -0.05) is 11.3 Å². The first-order chi connectivity index (χ1) is 10.2. The molecule has 112 valence electrons. The molecule has 1 heterocycles. The molecule has 1 aliphatic rings. The fourth-order valence-corrected chi connectivity index (χ4v) is 3.98. The van der Waals surface area contributed by atoms with E-state index >= 15 is 0 Å². The molecule has 0 saturated carbocycles. The summed E-state index contributed by atoms with van der Waals surface area (Å²) in [7, 11) is 5.79. The maximum absolute atomic E-state index is 5.21. The number of nitrogens with zero attached hydrogens (tertiary/aromatic N) is 2. The zero-order valence-electron chi connectivity index (χ0n) is 12.7. The van der Waals surface area contributed by atoms with Gasteiger partial charge in [-0.25, -0.2) is 4.98 Å². The number of hydrogen-bond acceptors (Lipinski definition) is 5. The minimum absolute atomic E-state index is 0.462. The molecule has 0 saturated heterocycles. The number of ether oxygens (including phenoxy) is 1. The van der Waals surface area contributed by atoms with E-state index in [1.54, 1.807) is 18.4 Å². The van der Waals surface area contributed by atoms with Crippen LogP contribution in [0.25, 0.3) is 0 Å². The Morgan fingerprint density at radius 3 is 2.76 bits per heavy atom. The minimum Gasteiger partial charge on any atom is -0.497 e. The van der Waals surface area contributed by atoms with Gasteiger partial charge in [0, 0.05) is 23.7 Å². The third-order valence-electron chi connectivity index (χ3n) is 4.03. The van der Waals surface area contributed by atoms with E-state index in [1.807, 2.05) is 19.2 Å². The summed E-state index contributed by atoms with van der Waals surface area (Å²) in [5, 5.41) is 4.46. The van der Waals surface area contributed by atoms with Crippen LogP contribution >= 0.6 is 11.3 Å². The molecule has 0 fully saturated rings. The van der Waals surface area contributed by atoms with Crippen LogP contribution in [0.5, 0.6) is 5.75 Å². The Morgan fingerprint density at radius 1 is 1.33 bits per heavy atom. The molecule has 0 amide bonds. The van der Waals surface area contributed by atoms with E-state index in [1.165, 1.54) is 23.4 Å². The van der Waals surface area contributed by atoms with Crippen molar-refractivity contribution in [1.82, 2.24) is 10.3 Å². The molecule has 3 rings (SSSR count). The molecule has 0 aliphatic heterocycles. The fourth-order valence-electron chi connectivity index (χ4n) is 2.74. The highest BCUT2D eigenvalue weighted by Gasteiger charge is 2.24. The summed E-state index contributed by atoms with van der Waals surface area (Å²) < 4.78 is 5.21. The van der Waals surface area contributed by atoms with Gasteiger partial charge in [0.1, 0.15) is 5.75 Å². The molecule has 2 aromatic rings. The first kappa shape index (κ1) is 14.4. The minimum atomic E-state index is 0.462. The van der Waals surface area contributed by atoms with E-state index in [9.17, 15) is 0 Å². The van der Waals surface area contributed by atoms with E-state index in [2.05, 4.69) is 29.4 Å². The van der Waals surface area contributed by atoms with E-state index in [0.29, 0.717) is 6.04 Å². The zero-order valence-corrected chi connectivity index (χ0v) is 13.5. The van der Waals surface area contributed by atoms with Crippen molar-refractivity contribution in [2.45, 2.75) is 25.3 Å². The quantitative estimate of drug-likeness (QED) is 0.938. The lowest BCUT2D eigenvalue weighted by atomic mass is 9.98. The van der Waals surface area contributed by atoms with E-state index < -0.39 is 0 Å². The zero-order chi connectivity index (χ0) is 14.8. The standard InChI is InChI=1S/C16H21N3OS/c1-17-13-5-4-6-14-15(13)21-16(18-14)19(2)11-7-9-12(20-3)10-8-11/h7-10,13,17H,4-6H2,1-3H3. The SMILES string of the molecule is CNC1CCCc2nc(N(C)c3ccc(OC)cc3)sc21. The molecule has 1 aromatic heterocycles. The van der Waals surface area contributed by atoms with Crippen LogP contribution in [-0.2, 0) is 6.42 Å². The Morgan fingerprint density at radius 2 is 2.10 bits per heavy atom. The molecule has 1 N–H and O–H groups in total. The topological polar surface area (TPSA) is 37.4 Å². The summed E-state index contributed by atoms with van der Waals surface area (Å²) >= 11 is 1.80. The predicted octanol–water partition coefficient (Wildman–Crippen LogP) is 3.52. The molecule has 5 heteroatoms. The molecule has 1 aliphatic carbocycles. The first-order valence-corrected chi connectivity index (χ1v) is 8.09. The molecule has 0 radical (unpaired) electrons. The van der Waals surface area contributed by atoms with Crippen molar-refractivity contribution in [2.75, 3.05) is 26.1 Å². The van der Waals surface area contributed by atoms with Crippen molar-refractivity contribution in [3.05, 3.63) is 34.8 Å². The molecular formula is C16H21N3OS. The Bertz CT molecular complexity index is 608. The van der Waals surface area contributed by atoms with Gasteiger partial charge in [0.25, 0.3) is 0 Å². The Hall–Kier alpha value is -1.59. The van der Waals surface area contributed by atoms with Crippen molar-refractivity contribution >= 4 is 22.2 Å². The van der Waals surface area contributed by atoms with Gasteiger partial charge in [0.2, 0.25) is 0 Å². The van der Waals surface area contributed by atoms with E-state index in [-0.39, 0.29) is 0 Å². The van der Waals surface area contributed by atoms with E-state index in [0.717, 1.165) is 23.0 Å². The second kappa shape index (κ2) is 6.03. The number of benzene rings is 1. The highest BCUT2D eigenvalue weighted by Crippen LogP contribution is 2.39. The second-order valence-electron chi connectivity index (χ2n) is 5.30. The largest absolute Gasteiger partial charge is 0.497 e. The number of methoxy groups -OCH3 is 1. The van der Waals surface area contributed by atoms with Crippen LogP contribution in [0.2, 0.25) is 0 Å². The molecular weight excluding hydrogens is 282 g/mol. The first-order valence-electron chi connectivity index (χ1n) is 7.27. The second-order valence-corrected chi connectivity index (χ2v) is 6.31. The molecule has 4 nitrogen and oxygen atoms in total. The summed E-state index contributed by atoms with van der Waals surface area (Å²) in [6, 6.07) is 8.55. The van der Waals surface area contributed by atoms with Crippen LogP contribution in [0.3, 0.4) is 0 Å². The monoisotopic (exact) mass is 303 g/mol. The molecule has 0 spiro atoms. The lowest BCUT2D eigenvalue weighted by molar-refractivity contribution is 0.415. The van der Waals surface area contributed by atoms with Gasteiger partial charge in [0.05, 0.1) is 12.8 Å². The summed E-state index contributed by atoms with van der Waals surface area (Å²) in [6.07, 6.45) is 3.52. The Labute approximate surface area is 129 Å². The molecule has 21 heavy (non-hydrogen) atoms. The number of hydrogen-bond donors (Lipinski definition) is 1. The van der Waals surface area contributed by atoms with Crippen molar-refractivity contribution in [3.8, 4) is 5.75 Å². The van der Waals surface area contributed by atoms with Crippen molar-refractivity contribution in [2.24, 2.45) is 0 Å². The molecule has 1 aromatic carbocycles. The van der Waals surface area contributed by atoms with Crippen LogP contribution < -0.4 is 15.0 Å². The van der Waals surface area contributed by atoms with Gasteiger partial charge < -0.3 is 15.0 Å². The van der Waals surface area contributed by atoms with Crippen LogP contribution in [0.4, 0.5) is 10.8 Å². The van der Waals surface area contributed by atoms with Crippen LogP contribution in [-0.4, -0.2) is 26.2 Å². The number of nitrogens with one attached hydrogen (secondary N) is 1.